The summed E-state index contributed by atoms with van der Waals surface area (Å²) in [5, 5.41) is 10.6. The molecule has 4 nitrogen and oxygen atoms in total. The summed E-state index contributed by atoms with van der Waals surface area (Å²) < 4.78 is 5.12. The lowest BCUT2D eigenvalue weighted by Gasteiger charge is -2.29. The highest BCUT2D eigenvalue weighted by Gasteiger charge is 2.25. The predicted octanol–water partition coefficient (Wildman–Crippen LogP) is 3.71. The Balaban J connectivity index is 1.66. The highest BCUT2D eigenvalue weighted by atomic mass is 16.5. The summed E-state index contributed by atoms with van der Waals surface area (Å²) in [5.41, 5.74) is 2.71. The molecule has 0 bridgehead atoms. The number of amides is 1. The zero-order valence-electron chi connectivity index (χ0n) is 14.6. The molecular weight excluding hydrogens is 314 g/mol. The number of benzene rings is 2. The SMILES string of the molecule is COc1ccc(C(=O)N2C=CC(C(O)c3ccc(C)cc3)CC2)cc1. The Morgan fingerprint density at radius 3 is 2.40 bits per heavy atom. The molecule has 0 radical (unpaired) electrons. The molecule has 2 aromatic rings. The summed E-state index contributed by atoms with van der Waals surface area (Å²) in [5.74, 6) is 0.705. The predicted molar refractivity (Wildman–Crippen MR) is 97.4 cm³/mol. The van der Waals surface area contributed by atoms with E-state index in [-0.39, 0.29) is 11.8 Å². The van der Waals surface area contributed by atoms with Gasteiger partial charge in [0.15, 0.2) is 0 Å². The van der Waals surface area contributed by atoms with Gasteiger partial charge in [0.1, 0.15) is 5.75 Å². The van der Waals surface area contributed by atoms with Crippen LogP contribution in [0.25, 0.3) is 0 Å². The highest BCUT2D eigenvalue weighted by molar-refractivity contribution is 5.95. The Hall–Kier alpha value is -2.59. The fraction of sp³-hybridized carbons (Fsp3) is 0.286. The van der Waals surface area contributed by atoms with Crippen LogP contribution in [0, 0.1) is 12.8 Å². The van der Waals surface area contributed by atoms with Crippen molar-refractivity contribution in [3.05, 3.63) is 77.5 Å². The molecule has 0 saturated carbocycles. The van der Waals surface area contributed by atoms with Gasteiger partial charge in [-0.05, 0) is 43.2 Å². The zero-order valence-corrected chi connectivity index (χ0v) is 14.6. The van der Waals surface area contributed by atoms with E-state index in [1.165, 1.54) is 5.56 Å². The van der Waals surface area contributed by atoms with Crippen LogP contribution in [0.2, 0.25) is 0 Å². The maximum absolute atomic E-state index is 12.6. The van der Waals surface area contributed by atoms with Crippen LogP contribution >= 0.6 is 0 Å². The van der Waals surface area contributed by atoms with Gasteiger partial charge in [0.05, 0.1) is 13.2 Å². The third-order valence-electron chi connectivity index (χ3n) is 4.64. The third-order valence-corrected chi connectivity index (χ3v) is 4.64. The molecule has 1 amide bonds. The molecular formula is C21H23NO3. The molecule has 1 N–H and O–H groups in total. The summed E-state index contributed by atoms with van der Waals surface area (Å²) in [6, 6.07) is 15.0. The fourth-order valence-electron chi connectivity index (χ4n) is 3.02. The number of aryl methyl sites for hydroxylation is 1. The van der Waals surface area contributed by atoms with E-state index in [9.17, 15) is 9.90 Å². The Morgan fingerprint density at radius 2 is 1.84 bits per heavy atom. The molecule has 25 heavy (non-hydrogen) atoms. The lowest BCUT2D eigenvalue weighted by molar-refractivity contribution is 0.0759. The van der Waals surface area contributed by atoms with Crippen molar-refractivity contribution >= 4 is 5.91 Å². The van der Waals surface area contributed by atoms with Gasteiger partial charge in [-0.15, -0.1) is 0 Å². The van der Waals surface area contributed by atoms with Gasteiger partial charge in [0.2, 0.25) is 0 Å². The third kappa shape index (κ3) is 3.91. The van der Waals surface area contributed by atoms with E-state index in [1.54, 1.807) is 42.5 Å². The van der Waals surface area contributed by atoms with Crippen LogP contribution < -0.4 is 4.74 Å². The molecule has 4 heteroatoms. The summed E-state index contributed by atoms with van der Waals surface area (Å²) >= 11 is 0. The highest BCUT2D eigenvalue weighted by Crippen LogP contribution is 2.29. The largest absolute Gasteiger partial charge is 0.497 e. The molecule has 0 saturated heterocycles. The summed E-state index contributed by atoms with van der Waals surface area (Å²) in [6.45, 7) is 2.62. The first kappa shape index (κ1) is 17.2. The van der Waals surface area contributed by atoms with Crippen molar-refractivity contribution in [3.63, 3.8) is 0 Å². The monoisotopic (exact) mass is 337 g/mol. The zero-order chi connectivity index (χ0) is 17.8. The molecule has 0 aliphatic carbocycles. The minimum Gasteiger partial charge on any atom is -0.497 e. The number of carbonyl (C=O) groups is 1. The molecule has 2 atom stereocenters. The quantitative estimate of drug-likeness (QED) is 0.925. The van der Waals surface area contributed by atoms with E-state index in [2.05, 4.69) is 0 Å². The van der Waals surface area contributed by atoms with Crippen LogP contribution in [0.1, 0.15) is 34.0 Å². The van der Waals surface area contributed by atoms with Crippen molar-refractivity contribution < 1.29 is 14.6 Å². The van der Waals surface area contributed by atoms with E-state index >= 15 is 0 Å². The molecule has 2 unspecified atom stereocenters. The van der Waals surface area contributed by atoms with Crippen LogP contribution in [0.15, 0.2) is 60.8 Å². The first-order chi connectivity index (χ1) is 12.1. The Bertz CT molecular complexity index is 750. The van der Waals surface area contributed by atoms with Crippen LogP contribution in [-0.4, -0.2) is 29.6 Å². The van der Waals surface area contributed by atoms with Gasteiger partial charge in [-0.25, -0.2) is 0 Å². The van der Waals surface area contributed by atoms with Gasteiger partial charge in [-0.1, -0.05) is 35.9 Å². The molecule has 130 valence electrons. The maximum Gasteiger partial charge on any atom is 0.257 e. The number of aliphatic hydroxyl groups excluding tert-OH is 1. The molecule has 0 spiro atoms. The van der Waals surface area contributed by atoms with Crippen molar-refractivity contribution in [3.8, 4) is 5.75 Å². The lowest BCUT2D eigenvalue weighted by atomic mass is 9.90. The van der Waals surface area contributed by atoms with E-state index in [4.69, 9.17) is 4.74 Å². The molecule has 1 heterocycles. The average Bonchev–Trinajstić information content (AvgIpc) is 2.67. The Morgan fingerprint density at radius 1 is 1.16 bits per heavy atom. The van der Waals surface area contributed by atoms with Crippen LogP contribution in [-0.2, 0) is 0 Å². The van der Waals surface area contributed by atoms with E-state index in [0.717, 1.165) is 17.7 Å². The molecule has 3 rings (SSSR count). The van der Waals surface area contributed by atoms with Gasteiger partial charge in [0.25, 0.3) is 5.91 Å². The fourth-order valence-corrected chi connectivity index (χ4v) is 3.02. The number of hydrogen-bond acceptors (Lipinski definition) is 3. The minimum absolute atomic E-state index is 0.0163. The van der Waals surface area contributed by atoms with Crippen molar-refractivity contribution in [2.75, 3.05) is 13.7 Å². The van der Waals surface area contributed by atoms with Gasteiger partial charge >= 0.3 is 0 Å². The van der Waals surface area contributed by atoms with Gasteiger partial charge in [-0.3, -0.25) is 4.79 Å². The molecule has 1 aliphatic rings. The second-order valence-electron chi connectivity index (χ2n) is 6.38. The number of nitrogens with zero attached hydrogens (tertiary/aromatic N) is 1. The maximum atomic E-state index is 12.6. The van der Waals surface area contributed by atoms with Crippen molar-refractivity contribution in [1.29, 1.82) is 0 Å². The molecule has 2 aromatic carbocycles. The van der Waals surface area contributed by atoms with E-state index < -0.39 is 6.10 Å². The number of carbonyl (C=O) groups excluding carboxylic acids is 1. The second-order valence-corrected chi connectivity index (χ2v) is 6.38. The van der Waals surface area contributed by atoms with E-state index in [0.29, 0.717) is 12.1 Å². The summed E-state index contributed by atoms with van der Waals surface area (Å²) in [6.07, 6.45) is 3.90. The minimum atomic E-state index is -0.546. The summed E-state index contributed by atoms with van der Waals surface area (Å²) in [7, 11) is 1.60. The first-order valence-electron chi connectivity index (χ1n) is 8.46. The number of hydrogen-bond donors (Lipinski definition) is 1. The second kappa shape index (κ2) is 7.53. The van der Waals surface area contributed by atoms with Gasteiger partial charge in [-0.2, -0.15) is 0 Å². The van der Waals surface area contributed by atoms with Gasteiger partial charge < -0.3 is 14.7 Å². The standard InChI is InChI=1S/C21H23NO3/c1-15-3-5-16(6-4-15)20(23)17-11-13-22(14-12-17)21(24)18-7-9-19(25-2)10-8-18/h3-11,13,17,20,23H,12,14H2,1-2H3. The Kier molecular flexibility index (Phi) is 5.19. The van der Waals surface area contributed by atoms with E-state index in [1.807, 2.05) is 37.3 Å². The average molecular weight is 337 g/mol. The van der Waals surface area contributed by atoms with Crippen LogP contribution in [0.5, 0.6) is 5.75 Å². The van der Waals surface area contributed by atoms with Crippen LogP contribution in [0.4, 0.5) is 0 Å². The van der Waals surface area contributed by atoms with Gasteiger partial charge in [0, 0.05) is 24.2 Å². The number of ether oxygens (including phenoxy) is 1. The number of rotatable bonds is 4. The molecule has 1 aliphatic heterocycles. The van der Waals surface area contributed by atoms with Crippen molar-refractivity contribution in [2.24, 2.45) is 5.92 Å². The van der Waals surface area contributed by atoms with Crippen molar-refractivity contribution in [1.82, 2.24) is 4.90 Å². The Labute approximate surface area is 148 Å². The number of aliphatic hydroxyl groups is 1. The normalized spacial score (nSPS) is 18.0. The lowest BCUT2D eigenvalue weighted by Crippen LogP contribution is -2.32. The number of methoxy groups -OCH3 is 1. The van der Waals surface area contributed by atoms with Crippen LogP contribution in [0.3, 0.4) is 0 Å². The first-order valence-corrected chi connectivity index (χ1v) is 8.46. The summed E-state index contributed by atoms with van der Waals surface area (Å²) in [4.78, 5) is 14.2. The smallest absolute Gasteiger partial charge is 0.257 e. The topological polar surface area (TPSA) is 49.8 Å². The molecule has 0 aromatic heterocycles. The van der Waals surface area contributed by atoms with Crippen molar-refractivity contribution in [2.45, 2.75) is 19.4 Å². The molecule has 0 fully saturated rings.